The molecule has 1 aliphatic heterocycles. The van der Waals surface area contributed by atoms with Gasteiger partial charge in [-0.25, -0.2) is 0 Å². The number of anilines is 1. The lowest BCUT2D eigenvalue weighted by Crippen LogP contribution is -2.44. The molecule has 0 unspecified atom stereocenters. The van der Waals surface area contributed by atoms with Crippen LogP contribution in [-0.4, -0.2) is 43.5 Å². The summed E-state index contributed by atoms with van der Waals surface area (Å²) in [5, 5.41) is 0. The minimum Gasteiger partial charge on any atom is -0.497 e. The second kappa shape index (κ2) is 8.71. The zero-order chi connectivity index (χ0) is 19.2. The standard InChI is InChI=1S/C22H26N2O3/c1-3-24(19-7-5-4-6-8-19)22(26)18-13-15-23(16-14-18)21(25)17-9-11-20(27-2)12-10-17/h4-12,18H,3,13-16H2,1-2H3. The number of rotatable bonds is 5. The minimum atomic E-state index is -0.0370. The number of piperidine rings is 1. The van der Waals surface area contributed by atoms with E-state index in [-0.39, 0.29) is 17.7 Å². The highest BCUT2D eigenvalue weighted by atomic mass is 16.5. The Morgan fingerprint density at radius 3 is 2.22 bits per heavy atom. The first-order valence-corrected chi connectivity index (χ1v) is 9.43. The van der Waals surface area contributed by atoms with Crippen molar-refractivity contribution in [3.8, 4) is 5.75 Å². The molecule has 0 aliphatic carbocycles. The smallest absolute Gasteiger partial charge is 0.253 e. The van der Waals surface area contributed by atoms with Gasteiger partial charge in [0.05, 0.1) is 7.11 Å². The highest BCUT2D eigenvalue weighted by molar-refractivity contribution is 5.96. The number of hydrogen-bond donors (Lipinski definition) is 0. The topological polar surface area (TPSA) is 49.9 Å². The van der Waals surface area contributed by atoms with E-state index in [9.17, 15) is 9.59 Å². The molecule has 0 saturated carbocycles. The molecular formula is C22H26N2O3. The number of ether oxygens (including phenoxy) is 1. The molecule has 0 spiro atoms. The molecule has 0 bridgehead atoms. The van der Waals surface area contributed by atoms with Crippen LogP contribution >= 0.6 is 0 Å². The van der Waals surface area contributed by atoms with Gasteiger partial charge in [-0.2, -0.15) is 0 Å². The number of carbonyl (C=O) groups is 2. The van der Waals surface area contributed by atoms with Crippen LogP contribution in [0, 0.1) is 5.92 Å². The molecule has 1 saturated heterocycles. The zero-order valence-electron chi connectivity index (χ0n) is 15.9. The van der Waals surface area contributed by atoms with Crippen LogP contribution in [-0.2, 0) is 4.79 Å². The van der Waals surface area contributed by atoms with Gasteiger partial charge in [-0.15, -0.1) is 0 Å². The predicted molar refractivity (Wildman–Crippen MR) is 106 cm³/mol. The summed E-state index contributed by atoms with van der Waals surface area (Å²) in [5.74, 6) is 0.862. The molecule has 2 aromatic carbocycles. The van der Waals surface area contributed by atoms with Crippen molar-refractivity contribution in [2.75, 3.05) is 31.6 Å². The van der Waals surface area contributed by atoms with Gasteiger partial charge in [0.1, 0.15) is 5.75 Å². The van der Waals surface area contributed by atoms with Crippen LogP contribution in [0.2, 0.25) is 0 Å². The normalized spacial score (nSPS) is 14.7. The van der Waals surface area contributed by atoms with Crippen LogP contribution in [0.3, 0.4) is 0 Å². The predicted octanol–water partition coefficient (Wildman–Crippen LogP) is 3.60. The fourth-order valence-corrected chi connectivity index (χ4v) is 3.54. The molecule has 2 amide bonds. The molecule has 0 radical (unpaired) electrons. The third-order valence-corrected chi connectivity index (χ3v) is 5.12. The number of carbonyl (C=O) groups excluding carboxylic acids is 2. The van der Waals surface area contributed by atoms with Gasteiger partial charge in [0.2, 0.25) is 5.91 Å². The molecular weight excluding hydrogens is 340 g/mol. The highest BCUT2D eigenvalue weighted by Crippen LogP contribution is 2.24. The van der Waals surface area contributed by atoms with Crippen LogP contribution in [0.25, 0.3) is 0 Å². The molecule has 3 rings (SSSR count). The SMILES string of the molecule is CCN(C(=O)C1CCN(C(=O)c2ccc(OC)cc2)CC1)c1ccccc1. The summed E-state index contributed by atoms with van der Waals surface area (Å²) in [6.45, 7) is 3.85. The second-order valence-corrected chi connectivity index (χ2v) is 6.71. The summed E-state index contributed by atoms with van der Waals surface area (Å²) in [6.07, 6.45) is 1.40. The summed E-state index contributed by atoms with van der Waals surface area (Å²) < 4.78 is 5.14. The van der Waals surface area contributed by atoms with Crippen molar-refractivity contribution < 1.29 is 14.3 Å². The highest BCUT2D eigenvalue weighted by Gasteiger charge is 2.30. The lowest BCUT2D eigenvalue weighted by Gasteiger charge is -2.34. The van der Waals surface area contributed by atoms with Gasteiger partial charge in [-0.05, 0) is 56.2 Å². The average molecular weight is 366 g/mol. The number of hydrogen-bond acceptors (Lipinski definition) is 3. The summed E-state index contributed by atoms with van der Waals surface area (Å²) >= 11 is 0. The minimum absolute atomic E-state index is 0.0129. The number of methoxy groups -OCH3 is 1. The van der Waals surface area contributed by atoms with Gasteiger partial charge >= 0.3 is 0 Å². The summed E-state index contributed by atoms with van der Waals surface area (Å²) in [4.78, 5) is 29.3. The molecule has 5 nitrogen and oxygen atoms in total. The number of nitrogens with zero attached hydrogens (tertiary/aromatic N) is 2. The first kappa shape index (κ1) is 19.0. The van der Waals surface area contributed by atoms with Crippen LogP contribution < -0.4 is 9.64 Å². The Labute approximate surface area is 160 Å². The quantitative estimate of drug-likeness (QED) is 0.812. The van der Waals surface area contributed by atoms with E-state index in [1.807, 2.05) is 47.1 Å². The molecule has 1 heterocycles. The summed E-state index contributed by atoms with van der Waals surface area (Å²) in [6, 6.07) is 16.9. The first-order chi connectivity index (χ1) is 13.1. The second-order valence-electron chi connectivity index (χ2n) is 6.71. The van der Waals surface area contributed by atoms with E-state index in [0.29, 0.717) is 38.0 Å². The van der Waals surface area contributed by atoms with Gasteiger partial charge < -0.3 is 14.5 Å². The van der Waals surface area contributed by atoms with Crippen molar-refractivity contribution in [2.24, 2.45) is 5.92 Å². The Balaban J connectivity index is 1.60. The molecule has 142 valence electrons. The van der Waals surface area contributed by atoms with Gasteiger partial charge in [0, 0.05) is 36.8 Å². The van der Waals surface area contributed by atoms with E-state index in [2.05, 4.69) is 0 Å². The van der Waals surface area contributed by atoms with Gasteiger partial charge in [0.15, 0.2) is 0 Å². The number of para-hydroxylation sites is 1. The Bertz CT molecular complexity index is 766. The van der Waals surface area contributed by atoms with Crippen LogP contribution in [0.5, 0.6) is 5.75 Å². The van der Waals surface area contributed by atoms with E-state index in [4.69, 9.17) is 4.74 Å². The largest absolute Gasteiger partial charge is 0.497 e. The Morgan fingerprint density at radius 2 is 1.67 bits per heavy atom. The van der Waals surface area contributed by atoms with Crippen LogP contribution in [0.4, 0.5) is 5.69 Å². The molecule has 1 fully saturated rings. The monoisotopic (exact) mass is 366 g/mol. The lowest BCUT2D eigenvalue weighted by atomic mass is 9.94. The Morgan fingerprint density at radius 1 is 1.04 bits per heavy atom. The maximum atomic E-state index is 13.0. The van der Waals surface area contributed by atoms with Gasteiger partial charge in [-0.3, -0.25) is 9.59 Å². The number of likely N-dealkylation sites (tertiary alicyclic amines) is 1. The van der Waals surface area contributed by atoms with Crippen molar-refractivity contribution >= 4 is 17.5 Å². The van der Waals surface area contributed by atoms with E-state index in [1.54, 1.807) is 31.4 Å². The Hall–Kier alpha value is -2.82. The van der Waals surface area contributed by atoms with E-state index < -0.39 is 0 Å². The summed E-state index contributed by atoms with van der Waals surface area (Å²) in [5.41, 5.74) is 1.58. The van der Waals surface area contributed by atoms with E-state index >= 15 is 0 Å². The number of amides is 2. The van der Waals surface area contributed by atoms with Crippen molar-refractivity contribution in [3.63, 3.8) is 0 Å². The van der Waals surface area contributed by atoms with E-state index in [1.165, 1.54) is 0 Å². The van der Waals surface area contributed by atoms with Gasteiger partial charge in [0.25, 0.3) is 5.91 Å². The fourth-order valence-electron chi connectivity index (χ4n) is 3.54. The average Bonchev–Trinajstić information content (AvgIpc) is 2.74. The molecule has 5 heteroatoms. The van der Waals surface area contributed by atoms with Crippen molar-refractivity contribution in [3.05, 3.63) is 60.2 Å². The zero-order valence-corrected chi connectivity index (χ0v) is 15.9. The fraction of sp³-hybridized carbons (Fsp3) is 0.364. The maximum absolute atomic E-state index is 13.0. The maximum Gasteiger partial charge on any atom is 0.253 e. The molecule has 0 N–H and O–H groups in total. The van der Waals surface area contributed by atoms with Gasteiger partial charge in [-0.1, -0.05) is 18.2 Å². The van der Waals surface area contributed by atoms with E-state index in [0.717, 1.165) is 11.4 Å². The number of benzene rings is 2. The lowest BCUT2D eigenvalue weighted by molar-refractivity contribution is -0.123. The molecule has 0 atom stereocenters. The molecule has 1 aliphatic rings. The molecule has 27 heavy (non-hydrogen) atoms. The van der Waals surface area contributed by atoms with Crippen molar-refractivity contribution in [1.82, 2.24) is 4.90 Å². The van der Waals surface area contributed by atoms with Crippen LogP contribution in [0.1, 0.15) is 30.1 Å². The first-order valence-electron chi connectivity index (χ1n) is 9.43. The third kappa shape index (κ3) is 4.30. The summed E-state index contributed by atoms with van der Waals surface area (Å²) in [7, 11) is 1.60. The molecule has 2 aromatic rings. The van der Waals surface area contributed by atoms with Crippen LogP contribution in [0.15, 0.2) is 54.6 Å². The third-order valence-electron chi connectivity index (χ3n) is 5.12. The molecule has 0 aromatic heterocycles. The Kier molecular flexibility index (Phi) is 6.12. The van der Waals surface area contributed by atoms with Crippen molar-refractivity contribution in [2.45, 2.75) is 19.8 Å². The van der Waals surface area contributed by atoms with Crippen molar-refractivity contribution in [1.29, 1.82) is 0 Å².